The van der Waals surface area contributed by atoms with Crippen molar-refractivity contribution in [1.82, 2.24) is 24.8 Å². The normalized spacial score (nSPS) is 16.0. The molecule has 6 nitrogen and oxygen atoms in total. The van der Waals surface area contributed by atoms with Crippen LogP contribution in [-0.2, 0) is 13.0 Å². The standard InChI is InChI=1S/C22H28FN5O/c1-16(2)28-15-18(13-24-28)14-27-11-9-17(10-12-27)3-8-21-25-22(29-26-21)19-4-6-20(23)7-5-19/h4-7,13,15-17H,3,8-12,14H2,1-2H3. The minimum absolute atomic E-state index is 0.270. The summed E-state index contributed by atoms with van der Waals surface area (Å²) in [6, 6.07) is 6.53. The Morgan fingerprint density at radius 3 is 2.62 bits per heavy atom. The second kappa shape index (κ2) is 8.86. The molecule has 1 aliphatic rings. The summed E-state index contributed by atoms with van der Waals surface area (Å²) in [6.45, 7) is 7.50. The van der Waals surface area contributed by atoms with Crippen LogP contribution in [0, 0.1) is 11.7 Å². The zero-order valence-corrected chi connectivity index (χ0v) is 17.1. The molecule has 0 N–H and O–H groups in total. The molecule has 0 saturated carbocycles. The van der Waals surface area contributed by atoms with Gasteiger partial charge in [-0.1, -0.05) is 5.16 Å². The molecule has 0 atom stereocenters. The molecular weight excluding hydrogens is 369 g/mol. The van der Waals surface area contributed by atoms with Crippen molar-refractivity contribution in [3.8, 4) is 11.5 Å². The second-order valence-electron chi connectivity index (χ2n) is 8.20. The van der Waals surface area contributed by atoms with Crippen molar-refractivity contribution < 1.29 is 8.91 Å². The summed E-state index contributed by atoms with van der Waals surface area (Å²) in [5.41, 5.74) is 2.04. The predicted octanol–water partition coefficient (Wildman–Crippen LogP) is 4.50. The van der Waals surface area contributed by atoms with Gasteiger partial charge in [-0.2, -0.15) is 10.1 Å². The molecule has 3 aromatic rings. The lowest BCUT2D eigenvalue weighted by atomic mass is 9.92. The molecule has 0 radical (unpaired) electrons. The lowest BCUT2D eigenvalue weighted by Crippen LogP contribution is -2.33. The molecule has 0 amide bonds. The summed E-state index contributed by atoms with van der Waals surface area (Å²) in [6.07, 6.45) is 8.42. The molecular formula is C22H28FN5O. The summed E-state index contributed by atoms with van der Waals surface area (Å²) in [7, 11) is 0. The smallest absolute Gasteiger partial charge is 0.257 e. The Bertz CT molecular complexity index is 909. The fraction of sp³-hybridized carbons (Fsp3) is 0.500. The number of rotatable bonds is 7. The quantitative estimate of drug-likeness (QED) is 0.588. The Hall–Kier alpha value is -2.54. The number of halogens is 1. The molecule has 0 bridgehead atoms. The summed E-state index contributed by atoms with van der Waals surface area (Å²) in [5.74, 6) is 1.61. The predicted molar refractivity (Wildman–Crippen MR) is 109 cm³/mol. The van der Waals surface area contributed by atoms with E-state index in [1.54, 1.807) is 12.1 Å². The van der Waals surface area contributed by atoms with Crippen LogP contribution in [0.3, 0.4) is 0 Å². The summed E-state index contributed by atoms with van der Waals surface area (Å²) in [4.78, 5) is 6.97. The Balaban J connectivity index is 1.22. The first-order chi connectivity index (χ1) is 14.1. The molecule has 0 unspecified atom stereocenters. The third kappa shape index (κ3) is 5.09. The maximum Gasteiger partial charge on any atom is 0.257 e. The average Bonchev–Trinajstić information content (AvgIpc) is 3.38. The van der Waals surface area contributed by atoms with E-state index in [0.29, 0.717) is 17.9 Å². The minimum Gasteiger partial charge on any atom is -0.334 e. The molecule has 1 aliphatic heterocycles. The van der Waals surface area contributed by atoms with Gasteiger partial charge in [0.25, 0.3) is 5.89 Å². The Morgan fingerprint density at radius 2 is 1.93 bits per heavy atom. The number of likely N-dealkylation sites (tertiary alicyclic amines) is 1. The molecule has 4 rings (SSSR count). The van der Waals surface area contributed by atoms with Crippen LogP contribution in [0.25, 0.3) is 11.5 Å². The minimum atomic E-state index is -0.270. The maximum atomic E-state index is 13.0. The van der Waals surface area contributed by atoms with Crippen LogP contribution >= 0.6 is 0 Å². The summed E-state index contributed by atoms with van der Waals surface area (Å²) >= 11 is 0. The molecule has 1 saturated heterocycles. The lowest BCUT2D eigenvalue weighted by molar-refractivity contribution is 0.172. The molecule has 1 fully saturated rings. The molecule has 2 aromatic heterocycles. The highest BCUT2D eigenvalue weighted by atomic mass is 19.1. The summed E-state index contributed by atoms with van der Waals surface area (Å²) < 4.78 is 20.4. The lowest BCUT2D eigenvalue weighted by Gasteiger charge is -2.31. The van der Waals surface area contributed by atoms with E-state index in [4.69, 9.17) is 4.52 Å². The Morgan fingerprint density at radius 1 is 1.17 bits per heavy atom. The van der Waals surface area contributed by atoms with Gasteiger partial charge >= 0.3 is 0 Å². The third-order valence-electron chi connectivity index (χ3n) is 5.63. The van der Waals surface area contributed by atoms with Gasteiger partial charge in [-0.3, -0.25) is 9.58 Å². The Labute approximate surface area is 170 Å². The number of hydrogen-bond acceptors (Lipinski definition) is 5. The molecule has 154 valence electrons. The number of nitrogens with zero attached hydrogens (tertiary/aromatic N) is 5. The van der Waals surface area contributed by atoms with Crippen molar-refractivity contribution in [2.24, 2.45) is 5.92 Å². The molecule has 29 heavy (non-hydrogen) atoms. The second-order valence-corrected chi connectivity index (χ2v) is 8.20. The topological polar surface area (TPSA) is 60.0 Å². The van der Waals surface area contributed by atoms with E-state index >= 15 is 0 Å². The van der Waals surface area contributed by atoms with Crippen LogP contribution < -0.4 is 0 Å². The van der Waals surface area contributed by atoms with Gasteiger partial charge in [0.15, 0.2) is 5.82 Å². The maximum absolute atomic E-state index is 13.0. The Kier molecular flexibility index (Phi) is 6.04. The van der Waals surface area contributed by atoms with Gasteiger partial charge in [0.1, 0.15) is 5.82 Å². The van der Waals surface area contributed by atoms with E-state index in [1.807, 2.05) is 10.9 Å². The van der Waals surface area contributed by atoms with E-state index in [0.717, 1.165) is 43.9 Å². The number of benzene rings is 1. The van der Waals surface area contributed by atoms with Crippen LogP contribution in [0.5, 0.6) is 0 Å². The van der Waals surface area contributed by atoms with Gasteiger partial charge in [0.05, 0.1) is 6.20 Å². The SMILES string of the molecule is CC(C)n1cc(CN2CCC(CCc3noc(-c4ccc(F)cc4)n3)CC2)cn1. The largest absolute Gasteiger partial charge is 0.334 e. The van der Waals surface area contributed by atoms with Crippen LogP contribution in [0.15, 0.2) is 41.2 Å². The van der Waals surface area contributed by atoms with E-state index in [1.165, 1.54) is 30.5 Å². The van der Waals surface area contributed by atoms with Gasteiger partial charge in [-0.25, -0.2) is 4.39 Å². The van der Waals surface area contributed by atoms with Crippen LogP contribution in [-0.4, -0.2) is 37.9 Å². The number of aromatic nitrogens is 4. The first-order valence-corrected chi connectivity index (χ1v) is 10.4. The van der Waals surface area contributed by atoms with Crippen molar-refractivity contribution in [2.75, 3.05) is 13.1 Å². The zero-order chi connectivity index (χ0) is 20.2. The van der Waals surface area contributed by atoms with Crippen LogP contribution in [0.2, 0.25) is 0 Å². The van der Waals surface area contributed by atoms with Crippen molar-refractivity contribution in [2.45, 2.75) is 52.1 Å². The molecule has 0 aliphatic carbocycles. The van der Waals surface area contributed by atoms with Crippen molar-refractivity contribution in [3.05, 3.63) is 53.9 Å². The monoisotopic (exact) mass is 397 g/mol. The molecule has 0 spiro atoms. The van der Waals surface area contributed by atoms with Gasteiger partial charge in [0.2, 0.25) is 0 Å². The first kappa shape index (κ1) is 19.8. The van der Waals surface area contributed by atoms with Crippen molar-refractivity contribution in [1.29, 1.82) is 0 Å². The highest BCUT2D eigenvalue weighted by Gasteiger charge is 2.20. The number of piperidine rings is 1. The van der Waals surface area contributed by atoms with E-state index in [9.17, 15) is 4.39 Å². The third-order valence-corrected chi connectivity index (χ3v) is 5.63. The highest BCUT2D eigenvalue weighted by Crippen LogP contribution is 2.24. The van der Waals surface area contributed by atoms with E-state index < -0.39 is 0 Å². The van der Waals surface area contributed by atoms with Crippen molar-refractivity contribution >= 4 is 0 Å². The highest BCUT2D eigenvalue weighted by molar-refractivity contribution is 5.52. The fourth-order valence-electron chi connectivity index (χ4n) is 3.83. The fourth-order valence-corrected chi connectivity index (χ4v) is 3.83. The molecule has 3 heterocycles. The first-order valence-electron chi connectivity index (χ1n) is 10.4. The van der Waals surface area contributed by atoms with Crippen LogP contribution in [0.1, 0.15) is 50.5 Å². The van der Waals surface area contributed by atoms with E-state index in [2.05, 4.69) is 40.2 Å². The molecule has 1 aromatic carbocycles. The molecule has 7 heteroatoms. The van der Waals surface area contributed by atoms with Gasteiger partial charge in [-0.05, 0) is 76.4 Å². The zero-order valence-electron chi connectivity index (χ0n) is 17.1. The average molecular weight is 397 g/mol. The van der Waals surface area contributed by atoms with Gasteiger partial charge in [-0.15, -0.1) is 0 Å². The summed E-state index contributed by atoms with van der Waals surface area (Å²) in [5, 5.41) is 8.52. The van der Waals surface area contributed by atoms with Gasteiger partial charge < -0.3 is 4.52 Å². The van der Waals surface area contributed by atoms with E-state index in [-0.39, 0.29) is 5.82 Å². The van der Waals surface area contributed by atoms with Crippen LogP contribution in [0.4, 0.5) is 4.39 Å². The number of aryl methyl sites for hydroxylation is 1. The van der Waals surface area contributed by atoms with Gasteiger partial charge in [0, 0.05) is 36.3 Å². The van der Waals surface area contributed by atoms with Crippen molar-refractivity contribution in [3.63, 3.8) is 0 Å². The number of hydrogen-bond donors (Lipinski definition) is 0.